The summed E-state index contributed by atoms with van der Waals surface area (Å²) in [5.41, 5.74) is 1.06. The molecule has 0 aliphatic carbocycles. The van der Waals surface area contributed by atoms with Gasteiger partial charge in [-0.1, -0.05) is 45.4 Å². The fraction of sp³-hybridized carbons (Fsp3) is 0.633. The summed E-state index contributed by atoms with van der Waals surface area (Å²) < 4.78 is 0. The highest BCUT2D eigenvalue weighted by Gasteiger charge is 2.44. The van der Waals surface area contributed by atoms with Crippen LogP contribution in [0.4, 0.5) is 0 Å². The van der Waals surface area contributed by atoms with E-state index in [9.17, 15) is 29.1 Å². The van der Waals surface area contributed by atoms with Crippen LogP contribution in [0.15, 0.2) is 35.1 Å². The topological polar surface area (TPSA) is 136 Å². The molecule has 0 aromatic heterocycles. The van der Waals surface area contributed by atoms with Crippen LogP contribution in [0, 0.1) is 11.8 Å². The van der Waals surface area contributed by atoms with E-state index in [1.54, 1.807) is 51.1 Å². The van der Waals surface area contributed by atoms with E-state index in [1.165, 1.54) is 6.92 Å². The van der Waals surface area contributed by atoms with Crippen LogP contribution in [0.3, 0.4) is 0 Å². The average molecular weight is 561 g/mol. The number of carbonyl (C=O) groups excluding carboxylic acids is 5. The Kier molecular flexibility index (Phi) is 14.0. The van der Waals surface area contributed by atoms with E-state index in [1.807, 2.05) is 27.7 Å². The van der Waals surface area contributed by atoms with Gasteiger partial charge < -0.3 is 20.6 Å². The Bertz CT molecular complexity index is 1040. The second kappa shape index (κ2) is 16.1. The Morgan fingerprint density at radius 3 is 2.20 bits per heavy atom. The van der Waals surface area contributed by atoms with Gasteiger partial charge in [-0.05, 0) is 65.6 Å². The second-order valence-electron chi connectivity index (χ2n) is 11.7. The maximum atomic E-state index is 13.6. The number of amides is 4. The zero-order valence-corrected chi connectivity index (χ0v) is 25.5. The number of aliphatic hydroxyl groups is 1. The summed E-state index contributed by atoms with van der Waals surface area (Å²) in [4.78, 5) is 67.0. The zero-order chi connectivity index (χ0) is 30.7. The smallest absolute Gasteiger partial charge is 0.260 e. The fourth-order valence-electron chi connectivity index (χ4n) is 4.38. The largest absolute Gasteiger partial charge is 0.510 e. The monoisotopic (exact) mass is 560 g/mol. The number of hydrogen-bond donors (Lipinski definition) is 3. The van der Waals surface area contributed by atoms with Crippen LogP contribution in [0.2, 0.25) is 0 Å². The van der Waals surface area contributed by atoms with Gasteiger partial charge >= 0.3 is 0 Å². The van der Waals surface area contributed by atoms with Crippen molar-refractivity contribution in [2.24, 2.45) is 11.8 Å². The van der Waals surface area contributed by atoms with Crippen LogP contribution in [0.1, 0.15) is 74.1 Å². The number of allylic oxidation sites excluding steroid dienone is 3. The standard InChI is InChI=1S/C30H48N4O6/c1-18(2)15-22(35)13-11-10-12-14-25(36)31-23(17-33(8)9)28(38)32-26(20(5)6)30(40)34-24(16-19(3)4)27(37)21(7)29(34)39/h10,12,15,19-20,23-24,26,37H,11,13-14,16-17H2,1-9H3,(H,31,36)(H,32,38)/b12-10+/t23-,24+,26+/m1/s1. The first-order valence-corrected chi connectivity index (χ1v) is 13.9. The number of nitrogens with one attached hydrogen (secondary N) is 2. The molecule has 224 valence electrons. The number of imide groups is 1. The lowest BCUT2D eigenvalue weighted by Gasteiger charge is -2.32. The van der Waals surface area contributed by atoms with E-state index in [-0.39, 0.29) is 47.8 Å². The summed E-state index contributed by atoms with van der Waals surface area (Å²) in [5, 5.41) is 16.0. The lowest BCUT2D eigenvalue weighted by molar-refractivity contribution is -0.147. The Balaban J connectivity index is 2.95. The average Bonchev–Trinajstić information content (AvgIpc) is 3.03. The molecule has 0 bridgehead atoms. The summed E-state index contributed by atoms with van der Waals surface area (Å²) in [6, 6.07) is -2.76. The van der Waals surface area contributed by atoms with Crippen molar-refractivity contribution in [3.63, 3.8) is 0 Å². The van der Waals surface area contributed by atoms with Crippen LogP contribution in [0.5, 0.6) is 0 Å². The first-order chi connectivity index (χ1) is 18.6. The normalized spacial score (nSPS) is 17.1. The summed E-state index contributed by atoms with van der Waals surface area (Å²) in [6.07, 6.45) is 6.29. The Hall–Kier alpha value is -3.27. The molecule has 10 nitrogen and oxygen atoms in total. The minimum absolute atomic E-state index is 0.0263. The van der Waals surface area contributed by atoms with Crippen molar-refractivity contribution in [3.05, 3.63) is 35.1 Å². The third kappa shape index (κ3) is 10.7. The Morgan fingerprint density at radius 1 is 1.05 bits per heavy atom. The van der Waals surface area contributed by atoms with Crippen LogP contribution in [-0.2, 0) is 24.0 Å². The molecule has 1 rings (SSSR count). The van der Waals surface area contributed by atoms with Gasteiger partial charge in [0.25, 0.3) is 11.8 Å². The van der Waals surface area contributed by atoms with Crippen LogP contribution in [-0.4, -0.2) is 83.1 Å². The molecule has 0 saturated carbocycles. The van der Waals surface area contributed by atoms with Crippen LogP contribution in [0.25, 0.3) is 0 Å². The van der Waals surface area contributed by atoms with E-state index in [0.29, 0.717) is 19.3 Å². The zero-order valence-electron chi connectivity index (χ0n) is 25.5. The summed E-state index contributed by atoms with van der Waals surface area (Å²) in [5.74, 6) is -2.43. The first-order valence-electron chi connectivity index (χ1n) is 13.9. The SMILES string of the molecule is CC(C)=CC(=O)CC/C=C/CC(=O)N[C@H](CN(C)C)C(=O)N[C@H](C(=O)N1C(=O)C(C)=C(O)[C@@H]1CC(C)C)C(C)C. The van der Waals surface area contributed by atoms with Gasteiger partial charge in [0.1, 0.15) is 17.8 Å². The van der Waals surface area contributed by atoms with E-state index in [4.69, 9.17) is 0 Å². The molecule has 0 fully saturated rings. The van der Waals surface area contributed by atoms with E-state index in [0.717, 1.165) is 10.5 Å². The van der Waals surface area contributed by atoms with Gasteiger partial charge in [0, 0.05) is 19.4 Å². The molecular weight excluding hydrogens is 512 g/mol. The van der Waals surface area contributed by atoms with Gasteiger partial charge in [0.15, 0.2) is 5.78 Å². The van der Waals surface area contributed by atoms with Crippen molar-refractivity contribution >= 4 is 29.4 Å². The third-order valence-corrected chi connectivity index (χ3v) is 6.39. The quantitative estimate of drug-likeness (QED) is 0.207. The molecule has 0 aromatic carbocycles. The molecule has 40 heavy (non-hydrogen) atoms. The molecule has 4 amide bonds. The van der Waals surface area contributed by atoms with Crippen molar-refractivity contribution in [2.45, 2.75) is 92.3 Å². The molecule has 1 heterocycles. The summed E-state index contributed by atoms with van der Waals surface area (Å²) in [7, 11) is 3.52. The van der Waals surface area contributed by atoms with Gasteiger partial charge in [-0.2, -0.15) is 0 Å². The number of likely N-dealkylation sites (N-methyl/N-ethyl adjacent to an activating group) is 1. The predicted octanol–water partition coefficient (Wildman–Crippen LogP) is 3.05. The van der Waals surface area contributed by atoms with Gasteiger partial charge in [0.05, 0.1) is 11.6 Å². The molecule has 3 atom stereocenters. The van der Waals surface area contributed by atoms with Crippen LogP contribution < -0.4 is 10.6 Å². The third-order valence-electron chi connectivity index (χ3n) is 6.39. The molecule has 0 radical (unpaired) electrons. The van der Waals surface area contributed by atoms with Crippen molar-refractivity contribution in [3.8, 4) is 0 Å². The van der Waals surface area contributed by atoms with Crippen molar-refractivity contribution in [1.82, 2.24) is 20.4 Å². The molecule has 10 heteroatoms. The van der Waals surface area contributed by atoms with E-state index < -0.39 is 35.8 Å². The number of hydrogen-bond acceptors (Lipinski definition) is 7. The molecule has 1 aliphatic heterocycles. The number of carbonyl (C=O) groups is 5. The highest BCUT2D eigenvalue weighted by Crippen LogP contribution is 2.30. The second-order valence-corrected chi connectivity index (χ2v) is 11.7. The highest BCUT2D eigenvalue weighted by atomic mass is 16.3. The van der Waals surface area contributed by atoms with Crippen molar-refractivity contribution < 1.29 is 29.1 Å². The molecule has 3 N–H and O–H groups in total. The fourth-order valence-corrected chi connectivity index (χ4v) is 4.38. The Labute approximate surface area is 238 Å². The van der Waals surface area contributed by atoms with Gasteiger partial charge in [-0.3, -0.25) is 28.9 Å². The Morgan fingerprint density at radius 2 is 1.68 bits per heavy atom. The lowest BCUT2D eigenvalue weighted by Crippen LogP contribution is -2.59. The highest BCUT2D eigenvalue weighted by molar-refractivity contribution is 6.09. The molecule has 0 aromatic rings. The minimum Gasteiger partial charge on any atom is -0.510 e. The van der Waals surface area contributed by atoms with Gasteiger partial charge in [-0.25, -0.2) is 0 Å². The maximum Gasteiger partial charge on any atom is 0.260 e. The van der Waals surface area contributed by atoms with Crippen LogP contribution >= 0.6 is 0 Å². The molecule has 0 unspecified atom stereocenters. The van der Waals surface area contributed by atoms with Gasteiger partial charge in [0.2, 0.25) is 11.8 Å². The maximum absolute atomic E-state index is 13.6. The molecule has 0 spiro atoms. The van der Waals surface area contributed by atoms with E-state index >= 15 is 0 Å². The summed E-state index contributed by atoms with van der Waals surface area (Å²) in [6.45, 7) is 12.8. The molecule has 1 aliphatic rings. The molecule has 0 saturated heterocycles. The lowest BCUT2D eigenvalue weighted by atomic mass is 9.98. The van der Waals surface area contributed by atoms with Gasteiger partial charge in [-0.15, -0.1) is 0 Å². The van der Waals surface area contributed by atoms with Crippen molar-refractivity contribution in [1.29, 1.82) is 0 Å². The number of rotatable bonds is 15. The van der Waals surface area contributed by atoms with Crippen molar-refractivity contribution in [2.75, 3.05) is 20.6 Å². The first kappa shape index (κ1) is 34.8. The number of aliphatic hydroxyl groups excluding tert-OH is 1. The minimum atomic E-state index is -1.04. The number of ketones is 1. The number of nitrogens with zero attached hydrogens (tertiary/aromatic N) is 2. The summed E-state index contributed by atoms with van der Waals surface area (Å²) >= 11 is 0. The molecular formula is C30H48N4O6. The van der Waals surface area contributed by atoms with E-state index in [2.05, 4.69) is 10.6 Å². The predicted molar refractivity (Wildman–Crippen MR) is 155 cm³/mol.